The first-order chi connectivity index (χ1) is 12.4. The van der Waals surface area contributed by atoms with E-state index < -0.39 is 11.7 Å². The summed E-state index contributed by atoms with van der Waals surface area (Å²) in [5, 5.41) is 10.8. The summed E-state index contributed by atoms with van der Waals surface area (Å²) in [5.41, 5.74) is -0.694. The molecule has 0 bridgehead atoms. The van der Waals surface area contributed by atoms with Crippen molar-refractivity contribution >= 4 is 5.91 Å². The van der Waals surface area contributed by atoms with Gasteiger partial charge >= 0.3 is 6.18 Å². The van der Waals surface area contributed by atoms with Gasteiger partial charge in [-0.15, -0.1) is 5.10 Å². The van der Waals surface area contributed by atoms with Gasteiger partial charge in [0.05, 0.1) is 11.8 Å². The van der Waals surface area contributed by atoms with Gasteiger partial charge in [0.1, 0.15) is 0 Å². The van der Waals surface area contributed by atoms with Crippen LogP contribution in [0.5, 0.6) is 0 Å². The van der Waals surface area contributed by atoms with Crippen LogP contribution in [0, 0.1) is 5.92 Å². The van der Waals surface area contributed by atoms with E-state index >= 15 is 0 Å². The summed E-state index contributed by atoms with van der Waals surface area (Å²) in [6.07, 6.45) is -0.501. The van der Waals surface area contributed by atoms with Gasteiger partial charge in [-0.05, 0) is 44.5 Å². The number of piperidine rings is 1. The zero-order valence-corrected chi connectivity index (χ0v) is 14.2. The Kier molecular flexibility index (Phi) is 5.21. The molecular formula is C16H19F3N6O. The second-order valence-electron chi connectivity index (χ2n) is 6.24. The average molecular weight is 368 g/mol. The lowest BCUT2D eigenvalue weighted by Crippen LogP contribution is -2.40. The summed E-state index contributed by atoms with van der Waals surface area (Å²) < 4.78 is 39.0. The standard InChI is InChI=1S/C16H19F3N6O/c1-20-8-11-4-6-24(7-5-11)15(26)13-10-25(23-22-13)14-3-2-12(9-21-14)16(17,18)19/h2-3,9-11,20H,4-8H2,1H3. The summed E-state index contributed by atoms with van der Waals surface area (Å²) in [4.78, 5) is 18.0. The highest BCUT2D eigenvalue weighted by Gasteiger charge is 2.31. The van der Waals surface area contributed by atoms with Gasteiger partial charge in [-0.1, -0.05) is 5.21 Å². The molecule has 1 aliphatic rings. The lowest BCUT2D eigenvalue weighted by atomic mass is 9.97. The van der Waals surface area contributed by atoms with Crippen LogP contribution in [0.3, 0.4) is 0 Å². The van der Waals surface area contributed by atoms with E-state index in [2.05, 4.69) is 20.6 Å². The molecule has 1 aliphatic heterocycles. The van der Waals surface area contributed by atoms with Crippen LogP contribution in [0.15, 0.2) is 24.5 Å². The van der Waals surface area contributed by atoms with Crippen molar-refractivity contribution in [3.05, 3.63) is 35.8 Å². The molecule has 0 aromatic carbocycles. The fraction of sp³-hybridized carbons (Fsp3) is 0.500. The lowest BCUT2D eigenvalue weighted by Gasteiger charge is -2.31. The Balaban J connectivity index is 1.67. The molecule has 0 saturated carbocycles. The molecule has 0 radical (unpaired) electrons. The minimum atomic E-state index is -4.45. The smallest absolute Gasteiger partial charge is 0.337 e. The molecule has 0 aliphatic carbocycles. The molecule has 2 aromatic heterocycles. The molecule has 2 aromatic rings. The Morgan fingerprint density at radius 3 is 2.62 bits per heavy atom. The minimum Gasteiger partial charge on any atom is -0.337 e. The third kappa shape index (κ3) is 4.01. The quantitative estimate of drug-likeness (QED) is 0.890. The van der Waals surface area contributed by atoms with Crippen LogP contribution in [-0.4, -0.2) is 57.5 Å². The SMILES string of the molecule is CNCC1CCN(C(=O)c2cn(-c3ccc(C(F)(F)F)cn3)nn2)CC1. The van der Waals surface area contributed by atoms with Crippen LogP contribution in [0.25, 0.3) is 5.82 Å². The van der Waals surface area contributed by atoms with Gasteiger partial charge in [0.25, 0.3) is 5.91 Å². The zero-order chi connectivity index (χ0) is 18.7. The number of likely N-dealkylation sites (tertiary alicyclic amines) is 1. The lowest BCUT2D eigenvalue weighted by molar-refractivity contribution is -0.137. The van der Waals surface area contributed by atoms with E-state index in [9.17, 15) is 18.0 Å². The third-order valence-corrected chi connectivity index (χ3v) is 4.42. The van der Waals surface area contributed by atoms with E-state index in [-0.39, 0.29) is 17.4 Å². The van der Waals surface area contributed by atoms with Crippen LogP contribution in [0.1, 0.15) is 28.9 Å². The van der Waals surface area contributed by atoms with Crippen LogP contribution < -0.4 is 5.32 Å². The van der Waals surface area contributed by atoms with Gasteiger partial charge < -0.3 is 10.2 Å². The normalized spacial score (nSPS) is 16.1. The first-order valence-corrected chi connectivity index (χ1v) is 8.28. The molecule has 1 saturated heterocycles. The highest BCUT2D eigenvalue weighted by molar-refractivity contribution is 5.92. The van der Waals surface area contributed by atoms with Crippen molar-refractivity contribution in [2.45, 2.75) is 19.0 Å². The summed E-state index contributed by atoms with van der Waals surface area (Å²) in [5.74, 6) is 0.486. The maximum Gasteiger partial charge on any atom is 0.417 e. The van der Waals surface area contributed by atoms with Crippen molar-refractivity contribution in [3.8, 4) is 5.82 Å². The maximum absolute atomic E-state index is 12.6. The number of pyridine rings is 1. The van der Waals surface area contributed by atoms with E-state index in [1.807, 2.05) is 7.05 Å². The number of aromatic nitrogens is 4. The molecule has 3 rings (SSSR count). The zero-order valence-electron chi connectivity index (χ0n) is 14.2. The van der Waals surface area contributed by atoms with Crippen molar-refractivity contribution in [1.29, 1.82) is 0 Å². The number of amides is 1. The van der Waals surface area contributed by atoms with Gasteiger partial charge in [-0.3, -0.25) is 4.79 Å². The fourth-order valence-corrected chi connectivity index (χ4v) is 2.95. The first-order valence-electron chi connectivity index (χ1n) is 8.28. The number of rotatable bonds is 4. The van der Waals surface area contributed by atoms with Crippen molar-refractivity contribution in [2.75, 3.05) is 26.7 Å². The van der Waals surface area contributed by atoms with Crippen LogP contribution in [0.4, 0.5) is 13.2 Å². The molecular weight excluding hydrogens is 349 g/mol. The topological polar surface area (TPSA) is 75.9 Å². The van der Waals surface area contributed by atoms with Gasteiger partial charge in [0.2, 0.25) is 0 Å². The molecule has 1 amide bonds. The Bertz CT molecular complexity index is 750. The number of carbonyl (C=O) groups excluding carboxylic acids is 1. The van der Waals surface area contributed by atoms with Crippen LogP contribution in [-0.2, 0) is 6.18 Å². The predicted octanol–water partition coefficient (Wildman–Crippen LogP) is 1.75. The highest BCUT2D eigenvalue weighted by atomic mass is 19.4. The number of alkyl halides is 3. The number of nitrogens with one attached hydrogen (secondary N) is 1. The van der Waals surface area contributed by atoms with E-state index in [4.69, 9.17) is 0 Å². The number of hydrogen-bond acceptors (Lipinski definition) is 5. The van der Waals surface area contributed by atoms with Crippen molar-refractivity contribution in [1.82, 2.24) is 30.2 Å². The largest absolute Gasteiger partial charge is 0.417 e. The number of halogens is 3. The molecule has 3 heterocycles. The van der Waals surface area contributed by atoms with Crippen molar-refractivity contribution < 1.29 is 18.0 Å². The summed E-state index contributed by atoms with van der Waals surface area (Å²) >= 11 is 0. The van der Waals surface area contributed by atoms with Crippen molar-refractivity contribution in [3.63, 3.8) is 0 Å². The molecule has 140 valence electrons. The van der Waals surface area contributed by atoms with E-state index in [1.54, 1.807) is 4.90 Å². The predicted molar refractivity (Wildman–Crippen MR) is 86.7 cm³/mol. The molecule has 1 N–H and O–H groups in total. The van der Waals surface area contributed by atoms with Crippen LogP contribution >= 0.6 is 0 Å². The van der Waals surface area contributed by atoms with Gasteiger partial charge in [0, 0.05) is 19.3 Å². The number of hydrogen-bond donors (Lipinski definition) is 1. The average Bonchev–Trinajstić information content (AvgIpc) is 3.11. The summed E-state index contributed by atoms with van der Waals surface area (Å²) in [7, 11) is 1.91. The van der Waals surface area contributed by atoms with Gasteiger partial charge in [0.15, 0.2) is 11.5 Å². The van der Waals surface area contributed by atoms with Crippen LogP contribution in [0.2, 0.25) is 0 Å². The molecule has 7 nitrogen and oxygen atoms in total. The summed E-state index contributed by atoms with van der Waals surface area (Å²) in [6, 6.07) is 2.10. The first kappa shape index (κ1) is 18.3. The monoisotopic (exact) mass is 368 g/mol. The number of carbonyl (C=O) groups is 1. The fourth-order valence-electron chi connectivity index (χ4n) is 2.95. The molecule has 0 unspecified atom stereocenters. The molecule has 10 heteroatoms. The molecule has 1 fully saturated rings. The Morgan fingerprint density at radius 2 is 2.04 bits per heavy atom. The molecule has 0 atom stereocenters. The maximum atomic E-state index is 12.6. The molecule has 26 heavy (non-hydrogen) atoms. The number of nitrogens with zero attached hydrogens (tertiary/aromatic N) is 5. The van der Waals surface area contributed by atoms with Gasteiger partial charge in [-0.25, -0.2) is 9.67 Å². The third-order valence-electron chi connectivity index (χ3n) is 4.42. The Labute approximate surface area is 148 Å². The second-order valence-corrected chi connectivity index (χ2v) is 6.24. The summed E-state index contributed by atoms with van der Waals surface area (Å²) in [6.45, 7) is 2.23. The van der Waals surface area contributed by atoms with Gasteiger partial charge in [-0.2, -0.15) is 13.2 Å². The Morgan fingerprint density at radius 1 is 1.31 bits per heavy atom. The van der Waals surface area contributed by atoms with E-state index in [0.29, 0.717) is 19.0 Å². The van der Waals surface area contributed by atoms with E-state index in [1.165, 1.54) is 16.9 Å². The van der Waals surface area contributed by atoms with E-state index in [0.717, 1.165) is 31.6 Å². The molecule has 0 spiro atoms. The minimum absolute atomic E-state index is 0.152. The Hall–Kier alpha value is -2.49. The highest BCUT2D eigenvalue weighted by Crippen LogP contribution is 2.28. The second kappa shape index (κ2) is 7.40. The van der Waals surface area contributed by atoms with Crippen molar-refractivity contribution in [2.24, 2.45) is 5.92 Å².